The molecule has 0 N–H and O–H groups in total. The Balaban J connectivity index is 1.94. The molecule has 0 unspecified atom stereocenters. The summed E-state index contributed by atoms with van der Waals surface area (Å²) >= 11 is 1.35. The number of hydrogen-bond donors (Lipinski definition) is 0. The number of hydrogen-bond acceptors (Lipinski definition) is 6. The van der Waals surface area contributed by atoms with Gasteiger partial charge in [0, 0.05) is 17.1 Å². The van der Waals surface area contributed by atoms with Gasteiger partial charge < -0.3 is 9.47 Å². The summed E-state index contributed by atoms with van der Waals surface area (Å²) < 4.78 is 36.0. The molecule has 0 spiro atoms. The zero-order chi connectivity index (χ0) is 22.0. The molecule has 2 heterocycles. The largest absolute Gasteiger partial charge is 0.497 e. The third-order valence-corrected chi connectivity index (χ3v) is 5.18. The first kappa shape index (κ1) is 20.8. The average Bonchev–Trinajstić information content (AvgIpc) is 2.79. The van der Waals surface area contributed by atoms with E-state index in [4.69, 9.17) is 4.74 Å². The molecule has 0 aliphatic carbocycles. The van der Waals surface area contributed by atoms with Crippen molar-refractivity contribution >= 4 is 22.8 Å². The lowest BCUT2D eigenvalue weighted by Crippen LogP contribution is -2.21. The van der Waals surface area contributed by atoms with E-state index in [1.807, 2.05) is 6.26 Å². The van der Waals surface area contributed by atoms with Gasteiger partial charge in [0.15, 0.2) is 10.8 Å². The van der Waals surface area contributed by atoms with Crippen LogP contribution in [0.3, 0.4) is 0 Å². The molecule has 9 heteroatoms. The molecule has 0 fully saturated rings. The number of nitrogens with zero attached hydrogens (tertiary/aromatic N) is 3. The Morgan fingerprint density at radius 2 is 1.71 bits per heavy atom. The van der Waals surface area contributed by atoms with Gasteiger partial charge in [-0.2, -0.15) is 8.78 Å². The van der Waals surface area contributed by atoms with E-state index in [2.05, 4.69) is 14.7 Å². The SMILES string of the molecule is COc1ccc(-c2cc3cnc(SC)nc3n(-c3ccc(OC(F)F)cc3)c2=O)cc1. The molecule has 0 aliphatic rings. The molecule has 0 radical (unpaired) electrons. The summed E-state index contributed by atoms with van der Waals surface area (Å²) in [6, 6.07) is 14.7. The average molecular weight is 441 g/mol. The number of halogens is 2. The lowest BCUT2D eigenvalue weighted by molar-refractivity contribution is -0.0498. The Hall–Kier alpha value is -3.46. The number of methoxy groups -OCH3 is 1. The van der Waals surface area contributed by atoms with Crippen LogP contribution in [0.15, 0.2) is 70.7 Å². The van der Waals surface area contributed by atoms with E-state index in [9.17, 15) is 13.6 Å². The fourth-order valence-electron chi connectivity index (χ4n) is 3.17. The van der Waals surface area contributed by atoms with E-state index >= 15 is 0 Å². The smallest absolute Gasteiger partial charge is 0.387 e. The number of thioether (sulfide) groups is 1. The van der Waals surface area contributed by atoms with E-state index in [0.29, 0.717) is 38.8 Å². The first-order valence-electron chi connectivity index (χ1n) is 9.16. The van der Waals surface area contributed by atoms with Crippen LogP contribution in [0.1, 0.15) is 0 Å². The zero-order valence-electron chi connectivity index (χ0n) is 16.6. The molecule has 2 aromatic carbocycles. The monoisotopic (exact) mass is 441 g/mol. The summed E-state index contributed by atoms with van der Waals surface area (Å²) in [6.45, 7) is -2.93. The van der Waals surface area contributed by atoms with Crippen molar-refractivity contribution in [3.05, 3.63) is 71.1 Å². The maximum Gasteiger partial charge on any atom is 0.387 e. The van der Waals surface area contributed by atoms with E-state index in [1.54, 1.807) is 43.6 Å². The van der Waals surface area contributed by atoms with Crippen molar-refractivity contribution in [2.45, 2.75) is 11.8 Å². The molecule has 158 valence electrons. The molecular formula is C22H17F2N3O3S. The highest BCUT2D eigenvalue weighted by molar-refractivity contribution is 7.98. The van der Waals surface area contributed by atoms with Gasteiger partial charge in [0.05, 0.1) is 12.8 Å². The fraction of sp³-hybridized carbons (Fsp3) is 0.136. The molecule has 4 aromatic rings. The molecule has 4 rings (SSSR count). The molecule has 0 amide bonds. The van der Waals surface area contributed by atoms with Gasteiger partial charge in [0.2, 0.25) is 0 Å². The van der Waals surface area contributed by atoms with Crippen LogP contribution in [0.25, 0.3) is 27.8 Å². The van der Waals surface area contributed by atoms with Crippen molar-refractivity contribution in [3.63, 3.8) is 0 Å². The van der Waals surface area contributed by atoms with Crippen LogP contribution in [-0.2, 0) is 0 Å². The molecule has 0 bridgehead atoms. The van der Waals surface area contributed by atoms with Crippen molar-refractivity contribution in [2.24, 2.45) is 0 Å². The summed E-state index contributed by atoms with van der Waals surface area (Å²) in [5.41, 5.74) is 1.74. The Labute approximate surface area is 180 Å². The minimum Gasteiger partial charge on any atom is -0.497 e. The topological polar surface area (TPSA) is 66.2 Å². The van der Waals surface area contributed by atoms with Crippen LogP contribution < -0.4 is 15.0 Å². The van der Waals surface area contributed by atoms with E-state index in [-0.39, 0.29) is 11.3 Å². The number of benzene rings is 2. The lowest BCUT2D eigenvalue weighted by atomic mass is 10.1. The Kier molecular flexibility index (Phi) is 5.85. The molecule has 0 aliphatic heterocycles. The van der Waals surface area contributed by atoms with Crippen molar-refractivity contribution < 1.29 is 18.3 Å². The summed E-state index contributed by atoms with van der Waals surface area (Å²) in [4.78, 5) is 22.3. The second-order valence-electron chi connectivity index (χ2n) is 6.44. The van der Waals surface area contributed by atoms with Crippen LogP contribution in [0.4, 0.5) is 8.78 Å². The van der Waals surface area contributed by atoms with Crippen LogP contribution in [0, 0.1) is 0 Å². The Morgan fingerprint density at radius 3 is 2.32 bits per heavy atom. The third-order valence-electron chi connectivity index (χ3n) is 4.62. The normalized spacial score (nSPS) is 11.1. The number of ether oxygens (including phenoxy) is 2. The van der Waals surface area contributed by atoms with Crippen LogP contribution in [0.5, 0.6) is 11.5 Å². The summed E-state index contributed by atoms with van der Waals surface area (Å²) in [6.07, 6.45) is 3.50. The van der Waals surface area contributed by atoms with Crippen LogP contribution >= 0.6 is 11.8 Å². The van der Waals surface area contributed by atoms with Gasteiger partial charge >= 0.3 is 6.61 Å². The van der Waals surface area contributed by atoms with Gasteiger partial charge in [-0.1, -0.05) is 23.9 Å². The molecule has 6 nitrogen and oxygen atoms in total. The first-order valence-corrected chi connectivity index (χ1v) is 10.4. The first-order chi connectivity index (χ1) is 15.0. The summed E-state index contributed by atoms with van der Waals surface area (Å²) in [7, 11) is 1.57. The maximum absolute atomic E-state index is 13.5. The minimum atomic E-state index is -2.93. The third kappa shape index (κ3) is 4.22. The van der Waals surface area contributed by atoms with E-state index in [1.165, 1.54) is 40.6 Å². The van der Waals surface area contributed by atoms with Crippen molar-refractivity contribution in [1.29, 1.82) is 0 Å². The molecule has 31 heavy (non-hydrogen) atoms. The molecule has 0 saturated heterocycles. The second-order valence-corrected chi connectivity index (χ2v) is 7.21. The predicted molar refractivity (Wildman–Crippen MR) is 116 cm³/mol. The highest BCUT2D eigenvalue weighted by Crippen LogP contribution is 2.26. The number of aromatic nitrogens is 3. The number of alkyl halides is 2. The Morgan fingerprint density at radius 1 is 1.03 bits per heavy atom. The van der Waals surface area contributed by atoms with Gasteiger partial charge in [0.25, 0.3) is 5.56 Å². The van der Waals surface area contributed by atoms with Crippen molar-refractivity contribution in [2.75, 3.05) is 13.4 Å². The quantitative estimate of drug-likeness (QED) is 0.317. The molecule has 0 atom stereocenters. The van der Waals surface area contributed by atoms with Crippen LogP contribution in [-0.4, -0.2) is 34.5 Å². The van der Waals surface area contributed by atoms with E-state index in [0.717, 1.165) is 0 Å². The second kappa shape index (κ2) is 8.73. The highest BCUT2D eigenvalue weighted by atomic mass is 32.2. The number of rotatable bonds is 6. The minimum absolute atomic E-state index is 0.00171. The highest BCUT2D eigenvalue weighted by Gasteiger charge is 2.15. The fourth-order valence-corrected chi connectivity index (χ4v) is 3.51. The van der Waals surface area contributed by atoms with Gasteiger partial charge in [-0.3, -0.25) is 9.36 Å². The van der Waals surface area contributed by atoms with Crippen molar-refractivity contribution in [3.8, 4) is 28.3 Å². The van der Waals surface area contributed by atoms with Gasteiger partial charge in [-0.05, 0) is 54.3 Å². The molecular weight excluding hydrogens is 424 g/mol. The summed E-state index contributed by atoms with van der Waals surface area (Å²) in [5.74, 6) is 0.675. The molecule has 2 aromatic heterocycles. The van der Waals surface area contributed by atoms with Crippen molar-refractivity contribution in [1.82, 2.24) is 14.5 Å². The van der Waals surface area contributed by atoms with Gasteiger partial charge in [-0.15, -0.1) is 0 Å². The molecule has 0 saturated carbocycles. The zero-order valence-corrected chi connectivity index (χ0v) is 17.4. The lowest BCUT2D eigenvalue weighted by Gasteiger charge is -2.14. The van der Waals surface area contributed by atoms with Gasteiger partial charge in [0.1, 0.15) is 11.5 Å². The summed E-state index contributed by atoms with van der Waals surface area (Å²) in [5, 5.41) is 1.17. The number of pyridine rings is 1. The standard InChI is InChI=1S/C22H17F2N3O3S/c1-29-16-7-3-13(4-8-16)18-11-14-12-25-22(31-2)26-19(14)27(20(18)28)15-5-9-17(10-6-15)30-21(23)24/h3-12,21H,1-2H3. The Bertz CT molecular complexity index is 1280. The van der Waals surface area contributed by atoms with E-state index < -0.39 is 6.61 Å². The number of fused-ring (bicyclic) bond motifs is 1. The maximum atomic E-state index is 13.5. The van der Waals surface area contributed by atoms with Crippen LogP contribution in [0.2, 0.25) is 0 Å². The van der Waals surface area contributed by atoms with Gasteiger partial charge in [-0.25, -0.2) is 9.97 Å². The predicted octanol–water partition coefficient (Wildman–Crippen LogP) is 4.78.